The lowest BCUT2D eigenvalue weighted by Crippen LogP contribution is -2.35. The van der Waals surface area contributed by atoms with Gasteiger partial charge in [-0.3, -0.25) is 4.72 Å². The summed E-state index contributed by atoms with van der Waals surface area (Å²) in [5.41, 5.74) is 1.20. The number of pyridine rings is 1. The van der Waals surface area contributed by atoms with Gasteiger partial charge in [-0.2, -0.15) is 0 Å². The Morgan fingerprint density at radius 3 is 2.60 bits per heavy atom. The molecular weight excluding hydrogens is 402 g/mol. The molecule has 2 aromatic rings. The SMILES string of the molecule is CC(C)Cc1ccc(S(=O)(=O)Nc2cc(C(=O)O)cnc2N2CCCC(C)C2)cc1. The van der Waals surface area contributed by atoms with Crippen LogP contribution in [0.15, 0.2) is 41.4 Å². The average molecular weight is 432 g/mol. The maximum atomic E-state index is 13.0. The van der Waals surface area contributed by atoms with Gasteiger partial charge in [0.05, 0.1) is 16.1 Å². The number of rotatable bonds is 7. The maximum Gasteiger partial charge on any atom is 0.337 e. The molecule has 3 rings (SSSR count). The van der Waals surface area contributed by atoms with Crippen LogP contribution in [0.3, 0.4) is 0 Å². The van der Waals surface area contributed by atoms with Crippen LogP contribution < -0.4 is 9.62 Å². The summed E-state index contributed by atoms with van der Waals surface area (Å²) in [4.78, 5) is 17.9. The number of carbonyl (C=O) groups is 1. The Morgan fingerprint density at radius 1 is 1.30 bits per heavy atom. The quantitative estimate of drug-likeness (QED) is 0.687. The van der Waals surface area contributed by atoms with Crippen molar-refractivity contribution in [1.29, 1.82) is 0 Å². The van der Waals surface area contributed by atoms with Crippen LogP contribution in [0.2, 0.25) is 0 Å². The van der Waals surface area contributed by atoms with E-state index in [4.69, 9.17) is 0 Å². The molecule has 0 saturated carbocycles. The molecule has 1 unspecified atom stereocenters. The van der Waals surface area contributed by atoms with E-state index in [1.807, 2.05) is 17.0 Å². The van der Waals surface area contributed by atoms with Crippen LogP contribution in [0, 0.1) is 11.8 Å². The number of benzene rings is 1. The fourth-order valence-electron chi connectivity index (χ4n) is 3.76. The molecule has 1 aromatic heterocycles. The Balaban J connectivity index is 1.93. The van der Waals surface area contributed by atoms with E-state index in [0.29, 0.717) is 17.7 Å². The molecule has 2 heterocycles. The smallest absolute Gasteiger partial charge is 0.337 e. The third-order valence-corrected chi connectivity index (χ3v) is 6.57. The van der Waals surface area contributed by atoms with Crippen molar-refractivity contribution < 1.29 is 18.3 Å². The van der Waals surface area contributed by atoms with Crippen molar-refractivity contribution in [2.75, 3.05) is 22.7 Å². The summed E-state index contributed by atoms with van der Waals surface area (Å²) in [6.45, 7) is 7.86. The third kappa shape index (κ3) is 5.30. The Kier molecular flexibility index (Phi) is 6.65. The zero-order chi connectivity index (χ0) is 21.9. The van der Waals surface area contributed by atoms with Gasteiger partial charge in [-0.15, -0.1) is 0 Å². The van der Waals surface area contributed by atoms with Crippen molar-refractivity contribution in [3.05, 3.63) is 47.7 Å². The van der Waals surface area contributed by atoms with Gasteiger partial charge >= 0.3 is 5.97 Å². The van der Waals surface area contributed by atoms with E-state index in [0.717, 1.165) is 37.9 Å². The fraction of sp³-hybridized carbons (Fsp3) is 0.455. The molecule has 2 N–H and O–H groups in total. The zero-order valence-electron chi connectivity index (χ0n) is 17.6. The molecule has 7 nitrogen and oxygen atoms in total. The molecule has 1 fully saturated rings. The molecule has 0 aliphatic carbocycles. The van der Waals surface area contributed by atoms with Crippen LogP contribution in [0.25, 0.3) is 0 Å². The summed E-state index contributed by atoms with van der Waals surface area (Å²) in [6.07, 6.45) is 4.23. The van der Waals surface area contributed by atoms with Crippen molar-refractivity contribution in [2.45, 2.75) is 44.9 Å². The first-order valence-electron chi connectivity index (χ1n) is 10.3. The largest absolute Gasteiger partial charge is 0.478 e. The summed E-state index contributed by atoms with van der Waals surface area (Å²) in [5, 5.41) is 9.34. The number of anilines is 2. The maximum absolute atomic E-state index is 13.0. The van der Waals surface area contributed by atoms with E-state index < -0.39 is 16.0 Å². The number of aromatic carboxylic acids is 1. The summed E-state index contributed by atoms with van der Waals surface area (Å²) in [6, 6.07) is 8.13. The minimum atomic E-state index is -3.89. The van der Waals surface area contributed by atoms with Gasteiger partial charge in [0.15, 0.2) is 5.82 Å². The minimum Gasteiger partial charge on any atom is -0.478 e. The predicted molar refractivity (Wildman–Crippen MR) is 118 cm³/mol. The van der Waals surface area contributed by atoms with Crippen LogP contribution >= 0.6 is 0 Å². The third-order valence-electron chi connectivity index (χ3n) is 5.19. The molecule has 1 saturated heterocycles. The van der Waals surface area contributed by atoms with Crippen LogP contribution in [-0.4, -0.2) is 37.6 Å². The first-order chi connectivity index (χ1) is 14.2. The molecule has 1 aliphatic heterocycles. The second-order valence-corrected chi connectivity index (χ2v) is 10.1. The highest BCUT2D eigenvalue weighted by Gasteiger charge is 2.24. The molecule has 1 aliphatic rings. The highest BCUT2D eigenvalue weighted by Crippen LogP contribution is 2.30. The van der Waals surface area contributed by atoms with Crippen molar-refractivity contribution in [2.24, 2.45) is 11.8 Å². The van der Waals surface area contributed by atoms with Crippen molar-refractivity contribution >= 4 is 27.5 Å². The second-order valence-electron chi connectivity index (χ2n) is 8.44. The number of carboxylic acid groups (broad SMARTS) is 1. The van der Waals surface area contributed by atoms with Crippen molar-refractivity contribution in [1.82, 2.24) is 4.98 Å². The lowest BCUT2D eigenvalue weighted by molar-refractivity contribution is 0.0696. The Labute approximate surface area is 178 Å². The number of nitrogens with one attached hydrogen (secondary N) is 1. The normalized spacial score (nSPS) is 17.2. The number of aromatic nitrogens is 1. The molecule has 0 radical (unpaired) electrons. The van der Waals surface area contributed by atoms with Gasteiger partial charge in [0, 0.05) is 19.3 Å². The lowest BCUT2D eigenvalue weighted by atomic mass is 10.0. The number of carboxylic acids is 1. The van der Waals surface area contributed by atoms with E-state index in [1.54, 1.807) is 12.1 Å². The number of piperidine rings is 1. The standard InChI is InChI=1S/C22H29N3O4S/c1-15(2)11-17-6-8-19(9-7-17)30(28,29)24-20-12-18(22(26)27)13-23-21(20)25-10-4-5-16(3)14-25/h6-9,12-13,15-16,24H,4-5,10-11,14H2,1-3H3,(H,26,27). The van der Waals surface area contributed by atoms with E-state index in [9.17, 15) is 18.3 Å². The van der Waals surface area contributed by atoms with Gasteiger partial charge < -0.3 is 10.0 Å². The molecule has 162 valence electrons. The molecule has 1 aromatic carbocycles. The van der Waals surface area contributed by atoms with Crippen LogP contribution in [-0.2, 0) is 16.4 Å². The zero-order valence-corrected chi connectivity index (χ0v) is 18.4. The van der Waals surface area contributed by atoms with Crippen LogP contribution in [0.4, 0.5) is 11.5 Å². The Morgan fingerprint density at radius 2 is 2.00 bits per heavy atom. The van der Waals surface area contributed by atoms with E-state index in [2.05, 4.69) is 30.5 Å². The lowest BCUT2D eigenvalue weighted by Gasteiger charge is -2.33. The minimum absolute atomic E-state index is 0.0613. The van der Waals surface area contributed by atoms with Gasteiger partial charge in [0.25, 0.3) is 10.0 Å². The fourth-order valence-corrected chi connectivity index (χ4v) is 4.82. The van der Waals surface area contributed by atoms with Gasteiger partial charge in [0.2, 0.25) is 0 Å². The van der Waals surface area contributed by atoms with Crippen LogP contribution in [0.1, 0.15) is 49.5 Å². The van der Waals surface area contributed by atoms with Gasteiger partial charge in [-0.25, -0.2) is 18.2 Å². The Hall–Kier alpha value is -2.61. The first-order valence-corrected chi connectivity index (χ1v) is 11.7. The summed E-state index contributed by atoms with van der Waals surface area (Å²) >= 11 is 0. The number of nitrogens with zero attached hydrogens (tertiary/aromatic N) is 2. The van der Waals surface area contributed by atoms with E-state index in [-0.39, 0.29) is 16.1 Å². The number of sulfonamides is 1. The van der Waals surface area contributed by atoms with Gasteiger partial charge in [-0.05, 0) is 54.9 Å². The molecular formula is C22H29N3O4S. The van der Waals surface area contributed by atoms with Crippen molar-refractivity contribution in [3.63, 3.8) is 0 Å². The molecule has 0 spiro atoms. The predicted octanol–water partition coefficient (Wildman–Crippen LogP) is 4.02. The van der Waals surface area contributed by atoms with Gasteiger partial charge in [0.1, 0.15) is 0 Å². The van der Waals surface area contributed by atoms with Gasteiger partial charge in [-0.1, -0.05) is 32.9 Å². The molecule has 30 heavy (non-hydrogen) atoms. The molecule has 1 atom stereocenters. The average Bonchev–Trinajstić information content (AvgIpc) is 2.67. The van der Waals surface area contributed by atoms with E-state index >= 15 is 0 Å². The van der Waals surface area contributed by atoms with Crippen molar-refractivity contribution in [3.8, 4) is 0 Å². The Bertz CT molecular complexity index is 1000. The topological polar surface area (TPSA) is 99.6 Å². The monoisotopic (exact) mass is 431 g/mol. The summed E-state index contributed by atoms with van der Waals surface area (Å²) < 4.78 is 28.6. The van der Waals surface area contributed by atoms with Crippen LogP contribution in [0.5, 0.6) is 0 Å². The number of hydrogen-bond acceptors (Lipinski definition) is 5. The second kappa shape index (κ2) is 9.04. The molecule has 0 amide bonds. The highest BCUT2D eigenvalue weighted by molar-refractivity contribution is 7.92. The summed E-state index contributed by atoms with van der Waals surface area (Å²) in [5.74, 6) is 0.244. The number of hydrogen-bond donors (Lipinski definition) is 2. The highest BCUT2D eigenvalue weighted by atomic mass is 32.2. The van der Waals surface area contributed by atoms with E-state index in [1.165, 1.54) is 12.3 Å². The first kappa shape index (κ1) is 22.1. The molecule has 0 bridgehead atoms. The summed E-state index contributed by atoms with van der Waals surface area (Å²) in [7, 11) is -3.89. The molecule has 8 heteroatoms.